The Morgan fingerprint density at radius 2 is 2.20 bits per heavy atom. The second-order valence-corrected chi connectivity index (χ2v) is 5.88. The number of hydrogen-bond acceptors (Lipinski definition) is 2. The van der Waals surface area contributed by atoms with Crippen molar-refractivity contribution in [1.29, 1.82) is 0 Å². The number of halogens is 1. The number of alkyl halides is 1. The summed E-state index contributed by atoms with van der Waals surface area (Å²) in [6.07, 6.45) is 7.22. The van der Waals surface area contributed by atoms with Crippen molar-refractivity contribution in [2.75, 3.05) is 32.1 Å². The number of hydrogen-bond donors (Lipinski definition) is 0. The Morgan fingerprint density at radius 3 is 2.67 bits per heavy atom. The monoisotopic (exact) mass is 275 g/mol. The van der Waals surface area contributed by atoms with E-state index in [0.29, 0.717) is 11.5 Å². The Kier molecular flexibility index (Phi) is 4.08. The van der Waals surface area contributed by atoms with E-state index in [-0.39, 0.29) is 0 Å². The van der Waals surface area contributed by atoms with Gasteiger partial charge in [-0.25, -0.2) is 0 Å². The van der Waals surface area contributed by atoms with Crippen molar-refractivity contribution < 1.29 is 4.74 Å². The van der Waals surface area contributed by atoms with E-state index in [0.717, 1.165) is 18.5 Å². The molecule has 2 nitrogen and oxygen atoms in total. The van der Waals surface area contributed by atoms with Gasteiger partial charge in [0.15, 0.2) is 0 Å². The van der Waals surface area contributed by atoms with E-state index in [4.69, 9.17) is 4.74 Å². The SMILES string of the molecule is CN(CC1CCCO1)CC1(CBr)CCC1. The van der Waals surface area contributed by atoms with Crippen LogP contribution in [-0.2, 0) is 4.74 Å². The molecule has 1 heterocycles. The Morgan fingerprint density at radius 1 is 1.40 bits per heavy atom. The van der Waals surface area contributed by atoms with E-state index in [2.05, 4.69) is 27.9 Å². The highest BCUT2D eigenvalue weighted by molar-refractivity contribution is 9.09. The third-order valence-corrected chi connectivity index (χ3v) is 5.03. The molecule has 1 atom stereocenters. The molecule has 88 valence electrons. The van der Waals surface area contributed by atoms with Crippen molar-refractivity contribution in [1.82, 2.24) is 4.90 Å². The molecule has 3 heteroatoms. The lowest BCUT2D eigenvalue weighted by molar-refractivity contribution is 0.0494. The molecular formula is C12H22BrNO. The Hall–Kier alpha value is 0.400. The largest absolute Gasteiger partial charge is 0.377 e. The fourth-order valence-electron chi connectivity index (χ4n) is 2.78. The fourth-order valence-corrected chi connectivity index (χ4v) is 3.52. The third kappa shape index (κ3) is 2.95. The van der Waals surface area contributed by atoms with Crippen LogP contribution in [0.15, 0.2) is 0 Å². The van der Waals surface area contributed by atoms with E-state index in [1.54, 1.807) is 0 Å². The van der Waals surface area contributed by atoms with Crippen molar-refractivity contribution in [3.8, 4) is 0 Å². The molecule has 0 bridgehead atoms. The Labute approximate surface area is 101 Å². The first kappa shape index (κ1) is 11.9. The first-order chi connectivity index (χ1) is 7.24. The smallest absolute Gasteiger partial charge is 0.0702 e. The van der Waals surface area contributed by atoms with Crippen molar-refractivity contribution in [3.05, 3.63) is 0 Å². The first-order valence-corrected chi connectivity index (χ1v) is 7.22. The molecule has 2 rings (SSSR count). The molecule has 0 aromatic heterocycles. The van der Waals surface area contributed by atoms with E-state index < -0.39 is 0 Å². The predicted molar refractivity (Wildman–Crippen MR) is 66.5 cm³/mol. The van der Waals surface area contributed by atoms with Crippen LogP contribution in [0, 0.1) is 5.41 Å². The van der Waals surface area contributed by atoms with Gasteiger partial charge in [0.05, 0.1) is 6.10 Å². The van der Waals surface area contributed by atoms with Crippen molar-refractivity contribution in [3.63, 3.8) is 0 Å². The molecule has 1 saturated carbocycles. The standard InChI is InChI=1S/C12H22BrNO/c1-14(8-11-4-2-7-15-11)10-12(9-13)5-3-6-12/h11H,2-10H2,1H3. The second kappa shape index (κ2) is 5.15. The molecule has 0 N–H and O–H groups in total. The highest BCUT2D eigenvalue weighted by Gasteiger charge is 2.37. The van der Waals surface area contributed by atoms with E-state index >= 15 is 0 Å². The molecule has 15 heavy (non-hydrogen) atoms. The molecule has 0 aromatic rings. The van der Waals surface area contributed by atoms with Gasteiger partial charge in [0.25, 0.3) is 0 Å². The van der Waals surface area contributed by atoms with E-state index in [1.807, 2.05) is 0 Å². The fraction of sp³-hybridized carbons (Fsp3) is 1.00. The highest BCUT2D eigenvalue weighted by atomic mass is 79.9. The molecule has 1 aliphatic carbocycles. The summed E-state index contributed by atoms with van der Waals surface area (Å²) in [5.74, 6) is 0. The molecule has 0 spiro atoms. The number of rotatable bonds is 5. The normalized spacial score (nSPS) is 29.4. The van der Waals surface area contributed by atoms with E-state index in [9.17, 15) is 0 Å². The molecule has 0 radical (unpaired) electrons. The maximum absolute atomic E-state index is 5.67. The zero-order valence-corrected chi connectivity index (χ0v) is 11.3. The lowest BCUT2D eigenvalue weighted by Gasteiger charge is -2.43. The van der Waals surface area contributed by atoms with E-state index in [1.165, 1.54) is 38.6 Å². The minimum absolute atomic E-state index is 0.502. The van der Waals surface area contributed by atoms with Gasteiger partial charge in [0, 0.05) is 25.0 Å². The van der Waals surface area contributed by atoms with Crippen molar-refractivity contribution in [2.24, 2.45) is 5.41 Å². The average Bonchev–Trinajstić information content (AvgIpc) is 2.64. The van der Waals surface area contributed by atoms with Crippen LogP contribution in [0.2, 0.25) is 0 Å². The van der Waals surface area contributed by atoms with Gasteiger partial charge in [0.1, 0.15) is 0 Å². The van der Waals surface area contributed by atoms with Gasteiger partial charge in [-0.05, 0) is 38.1 Å². The molecule has 1 saturated heterocycles. The first-order valence-electron chi connectivity index (χ1n) is 6.10. The minimum atomic E-state index is 0.502. The van der Waals surface area contributed by atoms with Crippen LogP contribution in [0.25, 0.3) is 0 Å². The van der Waals surface area contributed by atoms with Gasteiger partial charge in [-0.15, -0.1) is 0 Å². The molecule has 1 unspecified atom stereocenters. The predicted octanol–water partition coefficient (Wildman–Crippen LogP) is 2.66. The number of nitrogens with zero attached hydrogens (tertiary/aromatic N) is 1. The second-order valence-electron chi connectivity index (χ2n) is 5.32. The van der Waals surface area contributed by atoms with Crippen LogP contribution >= 0.6 is 15.9 Å². The number of likely N-dealkylation sites (N-methyl/N-ethyl adjacent to an activating group) is 1. The topological polar surface area (TPSA) is 12.5 Å². The van der Waals surface area contributed by atoms with Crippen LogP contribution in [0.5, 0.6) is 0 Å². The van der Waals surface area contributed by atoms with Crippen LogP contribution in [0.4, 0.5) is 0 Å². The maximum atomic E-state index is 5.67. The minimum Gasteiger partial charge on any atom is -0.377 e. The summed E-state index contributed by atoms with van der Waals surface area (Å²) in [7, 11) is 2.24. The lowest BCUT2D eigenvalue weighted by atomic mass is 9.70. The lowest BCUT2D eigenvalue weighted by Crippen LogP contribution is -2.44. The molecule has 2 aliphatic rings. The summed E-state index contributed by atoms with van der Waals surface area (Å²) in [6, 6.07) is 0. The van der Waals surface area contributed by atoms with Gasteiger partial charge < -0.3 is 9.64 Å². The van der Waals surface area contributed by atoms with Gasteiger partial charge in [-0.2, -0.15) is 0 Å². The zero-order chi connectivity index (χ0) is 10.7. The molecule has 2 fully saturated rings. The molecular weight excluding hydrogens is 254 g/mol. The van der Waals surface area contributed by atoms with Gasteiger partial charge >= 0.3 is 0 Å². The van der Waals surface area contributed by atoms with Gasteiger partial charge in [-0.3, -0.25) is 0 Å². The van der Waals surface area contributed by atoms with Gasteiger partial charge in [0.2, 0.25) is 0 Å². The summed E-state index contributed by atoms with van der Waals surface area (Å²) >= 11 is 3.67. The quantitative estimate of drug-likeness (QED) is 0.716. The zero-order valence-electron chi connectivity index (χ0n) is 9.67. The van der Waals surface area contributed by atoms with Crippen LogP contribution in [0.3, 0.4) is 0 Å². The van der Waals surface area contributed by atoms with Crippen LogP contribution < -0.4 is 0 Å². The Bertz CT molecular complexity index is 194. The summed E-state index contributed by atoms with van der Waals surface area (Å²) in [5.41, 5.74) is 0.577. The van der Waals surface area contributed by atoms with Crippen molar-refractivity contribution >= 4 is 15.9 Å². The maximum Gasteiger partial charge on any atom is 0.0702 e. The third-order valence-electron chi connectivity index (χ3n) is 3.84. The van der Waals surface area contributed by atoms with Crippen LogP contribution in [-0.4, -0.2) is 43.1 Å². The summed E-state index contributed by atoms with van der Waals surface area (Å²) in [4.78, 5) is 2.47. The molecule has 0 amide bonds. The summed E-state index contributed by atoms with van der Waals surface area (Å²) in [5, 5.41) is 1.16. The summed E-state index contributed by atoms with van der Waals surface area (Å²) < 4.78 is 5.67. The highest BCUT2D eigenvalue weighted by Crippen LogP contribution is 2.42. The number of ether oxygens (including phenoxy) is 1. The van der Waals surface area contributed by atoms with Crippen molar-refractivity contribution in [2.45, 2.75) is 38.2 Å². The molecule has 0 aromatic carbocycles. The average molecular weight is 276 g/mol. The summed E-state index contributed by atoms with van der Waals surface area (Å²) in [6.45, 7) is 3.33. The Balaban J connectivity index is 1.73. The molecule has 1 aliphatic heterocycles. The van der Waals surface area contributed by atoms with Gasteiger partial charge in [-0.1, -0.05) is 22.4 Å². The van der Waals surface area contributed by atoms with Crippen LogP contribution in [0.1, 0.15) is 32.1 Å².